The molecule has 122 valence electrons. The van der Waals surface area contributed by atoms with E-state index in [1.54, 1.807) is 4.90 Å². The van der Waals surface area contributed by atoms with Crippen LogP contribution in [-0.2, 0) is 4.74 Å². The summed E-state index contributed by atoms with van der Waals surface area (Å²) in [6.07, 6.45) is 2.57. The largest absolute Gasteiger partial charge is 0.444 e. The molecule has 2 rings (SSSR count). The Morgan fingerprint density at radius 2 is 2.18 bits per heavy atom. The number of carbonyl (C=O) groups is 1. The zero-order valence-corrected chi connectivity index (χ0v) is 14.2. The van der Waals surface area contributed by atoms with Crippen molar-refractivity contribution >= 4 is 6.09 Å². The van der Waals surface area contributed by atoms with Crippen LogP contribution in [0.5, 0.6) is 0 Å². The monoisotopic (exact) mass is 305 g/mol. The van der Waals surface area contributed by atoms with Crippen molar-refractivity contribution in [3.63, 3.8) is 0 Å². The summed E-state index contributed by atoms with van der Waals surface area (Å²) in [4.78, 5) is 20.7. The van der Waals surface area contributed by atoms with Crippen molar-refractivity contribution in [1.82, 2.24) is 14.8 Å². The molecular formula is C17H27N3O2. The van der Waals surface area contributed by atoms with Gasteiger partial charge in [0.2, 0.25) is 0 Å². The van der Waals surface area contributed by atoms with E-state index in [0.717, 1.165) is 18.7 Å². The highest BCUT2D eigenvalue weighted by Gasteiger charge is 2.33. The predicted molar refractivity (Wildman–Crippen MR) is 86.6 cm³/mol. The Bertz CT molecular complexity index is 498. The zero-order chi connectivity index (χ0) is 16.3. The second kappa shape index (κ2) is 6.65. The molecule has 1 aromatic heterocycles. The molecule has 2 atom stereocenters. The molecule has 1 amide bonds. The van der Waals surface area contributed by atoms with E-state index in [-0.39, 0.29) is 12.1 Å². The molecule has 1 unspecified atom stereocenters. The van der Waals surface area contributed by atoms with Gasteiger partial charge in [-0.2, -0.15) is 0 Å². The van der Waals surface area contributed by atoms with Crippen LogP contribution in [-0.4, -0.2) is 52.7 Å². The van der Waals surface area contributed by atoms with E-state index in [9.17, 15) is 4.79 Å². The Morgan fingerprint density at radius 1 is 1.45 bits per heavy atom. The SMILES string of the molecule is CC(c1ccccn1)N(C)[C@H]1CCN(C(=O)OC(C)(C)C)C1. The van der Waals surface area contributed by atoms with Gasteiger partial charge in [0.05, 0.1) is 5.69 Å². The van der Waals surface area contributed by atoms with Crippen molar-refractivity contribution in [1.29, 1.82) is 0 Å². The fourth-order valence-corrected chi connectivity index (χ4v) is 2.71. The number of aromatic nitrogens is 1. The van der Waals surface area contributed by atoms with Gasteiger partial charge in [-0.3, -0.25) is 9.88 Å². The first-order valence-corrected chi connectivity index (χ1v) is 7.89. The Balaban J connectivity index is 1.94. The summed E-state index contributed by atoms with van der Waals surface area (Å²) < 4.78 is 5.45. The van der Waals surface area contributed by atoms with E-state index >= 15 is 0 Å². The standard InChI is InChI=1S/C17H27N3O2/c1-13(15-8-6-7-10-18-15)19(5)14-9-11-20(12-14)16(21)22-17(2,3)4/h6-8,10,13-14H,9,11-12H2,1-5H3/t13?,14-/m0/s1. The minimum atomic E-state index is -0.442. The third-order valence-corrected chi connectivity index (χ3v) is 4.12. The smallest absolute Gasteiger partial charge is 0.410 e. The van der Waals surface area contributed by atoms with Gasteiger partial charge in [0.1, 0.15) is 5.60 Å². The molecule has 1 fully saturated rings. The normalized spacial score (nSPS) is 20.3. The third kappa shape index (κ3) is 4.19. The fourth-order valence-electron chi connectivity index (χ4n) is 2.71. The maximum absolute atomic E-state index is 12.1. The molecule has 1 aliphatic rings. The van der Waals surface area contributed by atoms with Crippen LogP contribution >= 0.6 is 0 Å². The average molecular weight is 305 g/mol. The van der Waals surface area contributed by atoms with Crippen LogP contribution in [0.2, 0.25) is 0 Å². The molecule has 5 nitrogen and oxygen atoms in total. The summed E-state index contributed by atoms with van der Waals surface area (Å²) in [5.74, 6) is 0. The molecule has 0 aromatic carbocycles. The Labute approximate surface area is 133 Å². The Morgan fingerprint density at radius 3 is 2.77 bits per heavy atom. The first-order valence-electron chi connectivity index (χ1n) is 7.89. The second-order valence-electron chi connectivity index (χ2n) is 6.96. The lowest BCUT2D eigenvalue weighted by atomic mass is 10.1. The van der Waals surface area contributed by atoms with Crippen molar-refractivity contribution in [2.24, 2.45) is 0 Å². The molecule has 2 heterocycles. The number of likely N-dealkylation sites (tertiary alicyclic amines) is 1. The quantitative estimate of drug-likeness (QED) is 0.861. The number of pyridine rings is 1. The van der Waals surface area contributed by atoms with Crippen LogP contribution in [0.15, 0.2) is 24.4 Å². The zero-order valence-electron chi connectivity index (χ0n) is 14.2. The van der Waals surface area contributed by atoms with E-state index in [1.807, 2.05) is 45.2 Å². The molecule has 0 aliphatic carbocycles. The number of ether oxygens (including phenoxy) is 1. The van der Waals surface area contributed by atoms with Gasteiger partial charge < -0.3 is 9.64 Å². The van der Waals surface area contributed by atoms with Gasteiger partial charge in [0.25, 0.3) is 0 Å². The molecule has 0 radical (unpaired) electrons. The number of carbonyl (C=O) groups excluding carboxylic acids is 1. The van der Waals surface area contributed by atoms with Crippen LogP contribution in [0, 0.1) is 0 Å². The minimum absolute atomic E-state index is 0.214. The van der Waals surface area contributed by atoms with Crippen LogP contribution in [0.3, 0.4) is 0 Å². The summed E-state index contributed by atoms with van der Waals surface area (Å²) in [7, 11) is 2.10. The van der Waals surface area contributed by atoms with E-state index in [4.69, 9.17) is 4.74 Å². The maximum Gasteiger partial charge on any atom is 0.410 e. The molecular weight excluding hydrogens is 278 g/mol. The summed E-state index contributed by atoms with van der Waals surface area (Å²) in [6.45, 7) is 9.30. The average Bonchev–Trinajstić information content (AvgIpc) is 2.95. The molecule has 22 heavy (non-hydrogen) atoms. The highest BCUT2D eigenvalue weighted by molar-refractivity contribution is 5.68. The molecule has 1 saturated heterocycles. The van der Waals surface area contributed by atoms with Crippen LogP contribution in [0.25, 0.3) is 0 Å². The summed E-state index contributed by atoms with van der Waals surface area (Å²) in [5, 5.41) is 0. The van der Waals surface area contributed by atoms with Crippen LogP contribution < -0.4 is 0 Å². The molecule has 5 heteroatoms. The lowest BCUT2D eigenvalue weighted by molar-refractivity contribution is 0.0278. The third-order valence-electron chi connectivity index (χ3n) is 4.12. The van der Waals surface area contributed by atoms with Gasteiger partial charge in [-0.05, 0) is 53.3 Å². The number of likely N-dealkylation sites (N-methyl/N-ethyl adjacent to an activating group) is 1. The van der Waals surface area contributed by atoms with Crippen LogP contribution in [0.1, 0.15) is 45.9 Å². The van der Waals surface area contributed by atoms with Gasteiger partial charge in [-0.1, -0.05) is 6.07 Å². The number of nitrogens with zero attached hydrogens (tertiary/aromatic N) is 3. The fraction of sp³-hybridized carbons (Fsp3) is 0.647. The minimum Gasteiger partial charge on any atom is -0.444 e. The molecule has 0 bridgehead atoms. The molecule has 0 N–H and O–H groups in total. The highest BCUT2D eigenvalue weighted by atomic mass is 16.6. The molecule has 1 aliphatic heterocycles. The lowest BCUT2D eigenvalue weighted by Gasteiger charge is -2.30. The van der Waals surface area contributed by atoms with Crippen molar-refractivity contribution in [2.75, 3.05) is 20.1 Å². The first-order chi connectivity index (χ1) is 10.3. The Kier molecular flexibility index (Phi) is 5.06. The van der Waals surface area contributed by atoms with Crippen molar-refractivity contribution in [3.8, 4) is 0 Å². The predicted octanol–water partition coefficient (Wildman–Crippen LogP) is 3.08. The van der Waals surface area contributed by atoms with E-state index in [0.29, 0.717) is 12.6 Å². The van der Waals surface area contributed by atoms with Crippen molar-refractivity contribution in [2.45, 2.75) is 51.8 Å². The van der Waals surface area contributed by atoms with Crippen molar-refractivity contribution < 1.29 is 9.53 Å². The summed E-state index contributed by atoms with van der Waals surface area (Å²) in [5.41, 5.74) is 0.614. The number of rotatable bonds is 3. The molecule has 1 aromatic rings. The second-order valence-corrected chi connectivity index (χ2v) is 6.96. The highest BCUT2D eigenvalue weighted by Crippen LogP contribution is 2.24. The Hall–Kier alpha value is -1.62. The van der Waals surface area contributed by atoms with Gasteiger partial charge in [-0.25, -0.2) is 4.79 Å². The molecule has 0 saturated carbocycles. The van der Waals surface area contributed by atoms with Gasteiger partial charge in [-0.15, -0.1) is 0 Å². The summed E-state index contributed by atoms with van der Waals surface area (Å²) in [6, 6.07) is 6.54. The van der Waals surface area contributed by atoms with Gasteiger partial charge >= 0.3 is 6.09 Å². The van der Waals surface area contributed by atoms with Crippen molar-refractivity contribution in [3.05, 3.63) is 30.1 Å². The van der Waals surface area contributed by atoms with Gasteiger partial charge in [0, 0.05) is 31.4 Å². The molecule has 0 spiro atoms. The number of hydrogen-bond donors (Lipinski definition) is 0. The number of amides is 1. The van der Waals surface area contributed by atoms with Crippen LogP contribution in [0.4, 0.5) is 4.79 Å². The van der Waals surface area contributed by atoms with E-state index < -0.39 is 5.60 Å². The number of hydrogen-bond acceptors (Lipinski definition) is 4. The van der Waals surface area contributed by atoms with E-state index in [2.05, 4.69) is 23.9 Å². The first kappa shape index (κ1) is 16.7. The van der Waals surface area contributed by atoms with E-state index in [1.165, 1.54) is 0 Å². The summed E-state index contributed by atoms with van der Waals surface area (Å²) >= 11 is 0. The topological polar surface area (TPSA) is 45.7 Å². The lowest BCUT2D eigenvalue weighted by Crippen LogP contribution is -2.40. The maximum atomic E-state index is 12.1. The van der Waals surface area contributed by atoms with Gasteiger partial charge in [0.15, 0.2) is 0 Å².